The monoisotopic (exact) mass is 350 g/mol. The number of halogens is 1. The first-order valence-electron chi connectivity index (χ1n) is 4.93. The minimum absolute atomic E-state index is 0.0262. The molecule has 19 heavy (non-hydrogen) atoms. The van der Waals surface area contributed by atoms with Crippen molar-refractivity contribution in [3.8, 4) is 5.75 Å². The van der Waals surface area contributed by atoms with Crippen LogP contribution >= 0.6 is 15.9 Å². The highest BCUT2D eigenvalue weighted by atomic mass is 79.9. The number of nitrogens with zero attached hydrogens (tertiary/aromatic N) is 1. The average molecular weight is 351 g/mol. The summed E-state index contributed by atoms with van der Waals surface area (Å²) >= 11 is 3.01. The summed E-state index contributed by atoms with van der Waals surface area (Å²) in [5.41, 5.74) is -0.334. The molecule has 0 aliphatic carbocycles. The van der Waals surface area contributed by atoms with Crippen LogP contribution in [0, 0.1) is 10.1 Å². The molecule has 9 heteroatoms. The van der Waals surface area contributed by atoms with Crippen LogP contribution in [0.2, 0.25) is 0 Å². The number of nitro groups is 1. The predicted molar refractivity (Wildman–Crippen MR) is 72.9 cm³/mol. The summed E-state index contributed by atoms with van der Waals surface area (Å²) in [5.74, 6) is 0.0262. The minimum Gasteiger partial charge on any atom is -0.495 e. The van der Waals surface area contributed by atoms with E-state index in [0.717, 1.165) is 6.07 Å². The summed E-state index contributed by atoms with van der Waals surface area (Å²) in [4.78, 5) is 9.70. The fourth-order valence-electron chi connectivity index (χ4n) is 1.24. The Balaban J connectivity index is 3.26. The van der Waals surface area contributed by atoms with Crippen LogP contribution in [-0.2, 0) is 10.0 Å². The summed E-state index contributed by atoms with van der Waals surface area (Å²) in [6.45, 7) is 3.46. The fraction of sp³-hybridized carbons (Fsp3) is 0.200. The van der Waals surface area contributed by atoms with Gasteiger partial charge in [0.2, 0.25) is 10.0 Å². The van der Waals surface area contributed by atoms with Gasteiger partial charge in [-0.15, -0.1) is 0 Å². The van der Waals surface area contributed by atoms with Crippen molar-refractivity contribution in [1.82, 2.24) is 4.72 Å². The van der Waals surface area contributed by atoms with Crippen molar-refractivity contribution in [2.75, 3.05) is 13.7 Å². The zero-order valence-electron chi connectivity index (χ0n) is 9.92. The van der Waals surface area contributed by atoms with Crippen molar-refractivity contribution >= 4 is 31.6 Å². The van der Waals surface area contributed by atoms with Crippen LogP contribution in [0.25, 0.3) is 0 Å². The number of methoxy groups -OCH3 is 1. The SMILES string of the molecule is C=C(Br)CNS(=O)(=O)c1cc([N+](=O)[O-])ccc1OC. The van der Waals surface area contributed by atoms with Crippen molar-refractivity contribution in [3.05, 3.63) is 39.4 Å². The van der Waals surface area contributed by atoms with Crippen LogP contribution in [0.15, 0.2) is 34.2 Å². The molecule has 0 amide bonds. The van der Waals surface area contributed by atoms with Gasteiger partial charge in [0.15, 0.2) is 0 Å². The van der Waals surface area contributed by atoms with Crippen molar-refractivity contribution in [2.45, 2.75) is 4.90 Å². The molecule has 0 aromatic heterocycles. The highest BCUT2D eigenvalue weighted by Crippen LogP contribution is 2.28. The van der Waals surface area contributed by atoms with Crippen LogP contribution in [-0.4, -0.2) is 27.0 Å². The summed E-state index contributed by atoms with van der Waals surface area (Å²) in [6.07, 6.45) is 0. The zero-order valence-corrected chi connectivity index (χ0v) is 12.3. The van der Waals surface area contributed by atoms with E-state index in [1.54, 1.807) is 0 Å². The Bertz CT molecular complexity index is 614. The standard InChI is InChI=1S/C10H11BrN2O5S/c1-7(11)6-12-19(16,17)10-5-8(13(14)15)3-4-9(10)18-2/h3-5,12H,1,6H2,2H3. The number of hydrogen-bond donors (Lipinski definition) is 1. The van der Waals surface area contributed by atoms with Crippen LogP contribution < -0.4 is 9.46 Å². The highest BCUT2D eigenvalue weighted by molar-refractivity contribution is 9.11. The van der Waals surface area contributed by atoms with Gasteiger partial charge in [-0.2, -0.15) is 0 Å². The third-order valence-electron chi connectivity index (χ3n) is 2.10. The first-order valence-corrected chi connectivity index (χ1v) is 7.21. The molecule has 104 valence electrons. The van der Waals surface area contributed by atoms with Crippen LogP contribution in [0.1, 0.15) is 0 Å². The average Bonchev–Trinajstić information content (AvgIpc) is 2.35. The quantitative estimate of drug-likeness (QED) is 0.622. The predicted octanol–water partition coefficient (Wildman–Crippen LogP) is 1.79. The minimum atomic E-state index is -3.92. The number of hydrogen-bond acceptors (Lipinski definition) is 5. The molecule has 0 saturated carbocycles. The third kappa shape index (κ3) is 4.01. The maximum Gasteiger partial charge on any atom is 0.271 e. The fourth-order valence-corrected chi connectivity index (χ4v) is 2.78. The number of nitrogens with one attached hydrogen (secondary N) is 1. The molecular formula is C10H11BrN2O5S. The van der Waals surface area contributed by atoms with Gasteiger partial charge < -0.3 is 4.74 Å². The Hall–Kier alpha value is -1.45. The normalized spacial score (nSPS) is 11.1. The smallest absolute Gasteiger partial charge is 0.271 e. The first kappa shape index (κ1) is 15.6. The van der Waals surface area contributed by atoms with E-state index in [-0.39, 0.29) is 22.9 Å². The second kappa shape index (κ2) is 6.13. The van der Waals surface area contributed by atoms with E-state index < -0.39 is 14.9 Å². The molecule has 0 heterocycles. The number of rotatable bonds is 6. The summed E-state index contributed by atoms with van der Waals surface area (Å²) in [5, 5.41) is 10.7. The Kier molecular flexibility index (Phi) is 5.04. The molecule has 0 bridgehead atoms. The highest BCUT2D eigenvalue weighted by Gasteiger charge is 2.22. The Morgan fingerprint density at radius 2 is 2.21 bits per heavy atom. The molecule has 0 spiro atoms. The second-order valence-electron chi connectivity index (χ2n) is 3.43. The van der Waals surface area contributed by atoms with E-state index in [1.165, 1.54) is 19.2 Å². The molecular weight excluding hydrogens is 340 g/mol. The van der Waals surface area contributed by atoms with Crippen molar-refractivity contribution in [1.29, 1.82) is 0 Å². The van der Waals surface area contributed by atoms with Gasteiger partial charge in [-0.25, -0.2) is 13.1 Å². The van der Waals surface area contributed by atoms with Gasteiger partial charge in [0.1, 0.15) is 10.6 Å². The summed E-state index contributed by atoms with van der Waals surface area (Å²) in [7, 11) is -2.64. The molecule has 7 nitrogen and oxygen atoms in total. The molecule has 1 aromatic carbocycles. The van der Waals surface area contributed by atoms with E-state index in [4.69, 9.17) is 4.74 Å². The van der Waals surface area contributed by atoms with Gasteiger partial charge >= 0.3 is 0 Å². The van der Waals surface area contributed by atoms with Gasteiger partial charge in [-0.05, 0) is 6.07 Å². The molecule has 1 aromatic rings. The number of non-ortho nitro benzene ring substituents is 1. The molecule has 0 fully saturated rings. The van der Waals surface area contributed by atoms with E-state index in [1.807, 2.05) is 0 Å². The lowest BCUT2D eigenvalue weighted by molar-refractivity contribution is -0.385. The van der Waals surface area contributed by atoms with Gasteiger partial charge in [0, 0.05) is 23.2 Å². The number of benzene rings is 1. The molecule has 0 unspecified atom stereocenters. The summed E-state index contributed by atoms with van der Waals surface area (Å²) < 4.78 is 31.6. The molecule has 1 rings (SSSR count). The van der Waals surface area contributed by atoms with Crippen molar-refractivity contribution < 1.29 is 18.1 Å². The Labute approximate surface area is 118 Å². The maximum absolute atomic E-state index is 12.0. The first-order chi connectivity index (χ1) is 8.77. The Morgan fingerprint density at radius 1 is 1.58 bits per heavy atom. The lowest BCUT2D eigenvalue weighted by Gasteiger charge is -2.10. The lowest BCUT2D eigenvalue weighted by atomic mass is 10.3. The van der Waals surface area contributed by atoms with Crippen molar-refractivity contribution in [2.24, 2.45) is 0 Å². The van der Waals surface area contributed by atoms with Crippen LogP contribution in [0.3, 0.4) is 0 Å². The molecule has 0 aliphatic rings. The Morgan fingerprint density at radius 3 is 2.68 bits per heavy atom. The van der Waals surface area contributed by atoms with Gasteiger partial charge in [-0.1, -0.05) is 22.5 Å². The third-order valence-corrected chi connectivity index (χ3v) is 3.80. The molecule has 0 saturated heterocycles. The summed E-state index contributed by atoms with van der Waals surface area (Å²) in [6, 6.07) is 3.34. The number of sulfonamides is 1. The second-order valence-corrected chi connectivity index (χ2v) is 6.29. The zero-order chi connectivity index (χ0) is 14.6. The van der Waals surface area contributed by atoms with E-state index >= 15 is 0 Å². The number of nitro benzene ring substituents is 1. The largest absolute Gasteiger partial charge is 0.495 e. The molecule has 0 aliphatic heterocycles. The van der Waals surface area contributed by atoms with Crippen LogP contribution in [0.5, 0.6) is 5.75 Å². The van der Waals surface area contributed by atoms with Gasteiger partial charge in [0.25, 0.3) is 5.69 Å². The molecule has 0 atom stereocenters. The van der Waals surface area contributed by atoms with Crippen LogP contribution in [0.4, 0.5) is 5.69 Å². The van der Waals surface area contributed by atoms with Crippen molar-refractivity contribution in [3.63, 3.8) is 0 Å². The lowest BCUT2D eigenvalue weighted by Crippen LogP contribution is -2.25. The molecule has 1 N–H and O–H groups in total. The van der Waals surface area contributed by atoms with E-state index in [9.17, 15) is 18.5 Å². The molecule has 0 radical (unpaired) electrons. The number of ether oxygens (including phenoxy) is 1. The maximum atomic E-state index is 12.0. The topological polar surface area (TPSA) is 98.5 Å². The van der Waals surface area contributed by atoms with E-state index in [2.05, 4.69) is 27.2 Å². The van der Waals surface area contributed by atoms with Gasteiger partial charge in [-0.3, -0.25) is 10.1 Å². The van der Waals surface area contributed by atoms with E-state index in [0.29, 0.717) is 4.48 Å². The van der Waals surface area contributed by atoms with Gasteiger partial charge in [0.05, 0.1) is 12.0 Å².